The van der Waals surface area contributed by atoms with E-state index in [0.29, 0.717) is 37.5 Å². The fourth-order valence-electron chi connectivity index (χ4n) is 3.80. The number of benzene rings is 1. The molecule has 4 heteroatoms. The number of rotatable bonds is 5. The van der Waals surface area contributed by atoms with Crippen molar-refractivity contribution in [1.82, 2.24) is 5.32 Å². The topological polar surface area (TPSA) is 55.4 Å². The second-order valence-corrected chi connectivity index (χ2v) is 7.56. The van der Waals surface area contributed by atoms with Crippen molar-refractivity contribution in [2.45, 2.75) is 33.1 Å². The zero-order valence-corrected chi connectivity index (χ0v) is 14.4. The molecule has 4 nitrogen and oxygen atoms in total. The maximum absolute atomic E-state index is 12.3. The van der Waals surface area contributed by atoms with Crippen LogP contribution >= 0.6 is 0 Å². The van der Waals surface area contributed by atoms with Gasteiger partial charge in [0.25, 0.3) is 5.91 Å². The molecule has 2 atom stereocenters. The van der Waals surface area contributed by atoms with E-state index in [1.807, 2.05) is 24.3 Å². The van der Waals surface area contributed by atoms with Crippen molar-refractivity contribution in [1.29, 1.82) is 0 Å². The van der Waals surface area contributed by atoms with Gasteiger partial charge in [-0.25, -0.2) is 0 Å². The van der Waals surface area contributed by atoms with Crippen LogP contribution in [0, 0.1) is 17.3 Å². The molecule has 0 unspecified atom stereocenters. The van der Waals surface area contributed by atoms with Gasteiger partial charge in [-0.3, -0.25) is 9.59 Å². The van der Waals surface area contributed by atoms with Gasteiger partial charge < -0.3 is 10.1 Å². The molecule has 1 saturated heterocycles. The van der Waals surface area contributed by atoms with E-state index in [2.05, 4.69) is 25.7 Å². The molecule has 1 aliphatic heterocycles. The summed E-state index contributed by atoms with van der Waals surface area (Å²) in [5.41, 5.74) is 2.41. The standard InChI is InChI=1S/C20H25NO3/c1-13(2)11-21-18(22)16-6-4-15(5-7-16)10-20-9-14(3)8-17(20)12-24-19(20)23/h4-7,13,17H,3,8-12H2,1-2H3,(H,21,22)/t17-,20+/m1/s1. The molecule has 1 aromatic carbocycles. The van der Waals surface area contributed by atoms with Gasteiger partial charge in [-0.05, 0) is 42.9 Å². The minimum atomic E-state index is -0.446. The van der Waals surface area contributed by atoms with Crippen molar-refractivity contribution >= 4 is 11.9 Å². The van der Waals surface area contributed by atoms with Crippen LogP contribution in [0.2, 0.25) is 0 Å². The quantitative estimate of drug-likeness (QED) is 0.668. The van der Waals surface area contributed by atoms with E-state index in [1.54, 1.807) is 0 Å². The van der Waals surface area contributed by atoms with Crippen molar-refractivity contribution in [3.63, 3.8) is 0 Å². The van der Waals surface area contributed by atoms with Gasteiger partial charge in [-0.1, -0.05) is 38.1 Å². The fourth-order valence-corrected chi connectivity index (χ4v) is 3.80. The normalized spacial score (nSPS) is 25.7. The first-order valence-electron chi connectivity index (χ1n) is 8.62. The van der Waals surface area contributed by atoms with Crippen molar-refractivity contribution < 1.29 is 14.3 Å². The number of fused-ring (bicyclic) bond motifs is 1. The van der Waals surface area contributed by atoms with E-state index < -0.39 is 5.41 Å². The summed E-state index contributed by atoms with van der Waals surface area (Å²) < 4.78 is 5.32. The zero-order valence-electron chi connectivity index (χ0n) is 14.4. The highest BCUT2D eigenvalue weighted by Gasteiger charge is 2.55. The van der Waals surface area contributed by atoms with E-state index in [0.717, 1.165) is 17.6 Å². The number of amides is 1. The molecule has 0 aromatic heterocycles. The van der Waals surface area contributed by atoms with Crippen LogP contribution in [-0.2, 0) is 16.0 Å². The number of carbonyl (C=O) groups excluding carboxylic acids is 2. The van der Waals surface area contributed by atoms with Gasteiger partial charge in [0.2, 0.25) is 0 Å². The number of nitrogens with one attached hydrogen (secondary N) is 1. The molecule has 1 saturated carbocycles. The van der Waals surface area contributed by atoms with E-state index >= 15 is 0 Å². The molecule has 0 bridgehead atoms. The highest BCUT2D eigenvalue weighted by Crippen LogP contribution is 2.52. The SMILES string of the molecule is C=C1C[C@@H]2COC(=O)[C@]2(Cc2ccc(C(=O)NCC(C)C)cc2)C1. The Hall–Kier alpha value is -2.10. The Morgan fingerprint density at radius 2 is 2.08 bits per heavy atom. The number of carbonyl (C=O) groups is 2. The molecule has 3 rings (SSSR count). The molecule has 1 aromatic rings. The second-order valence-electron chi connectivity index (χ2n) is 7.56. The van der Waals surface area contributed by atoms with Gasteiger partial charge in [0.1, 0.15) is 0 Å². The van der Waals surface area contributed by atoms with Crippen LogP contribution in [0.3, 0.4) is 0 Å². The first-order valence-corrected chi connectivity index (χ1v) is 8.62. The van der Waals surface area contributed by atoms with Crippen LogP contribution in [0.1, 0.15) is 42.6 Å². The molecule has 2 fully saturated rings. The predicted octanol–water partition coefficient (Wildman–Crippen LogP) is 3.12. The third-order valence-electron chi connectivity index (χ3n) is 5.11. The van der Waals surface area contributed by atoms with E-state index in [1.165, 1.54) is 0 Å². The average Bonchev–Trinajstić information content (AvgIpc) is 3.01. The van der Waals surface area contributed by atoms with Crippen LogP contribution < -0.4 is 5.32 Å². The lowest BCUT2D eigenvalue weighted by atomic mass is 9.75. The Bertz CT molecular complexity index is 662. The molecule has 1 N–H and O–H groups in total. The van der Waals surface area contributed by atoms with Crippen molar-refractivity contribution in [2.75, 3.05) is 13.2 Å². The average molecular weight is 327 g/mol. The third-order valence-corrected chi connectivity index (χ3v) is 5.11. The number of allylic oxidation sites excluding steroid dienone is 1. The number of hydrogen-bond acceptors (Lipinski definition) is 3. The lowest BCUT2D eigenvalue weighted by Gasteiger charge is -2.24. The van der Waals surface area contributed by atoms with Crippen LogP contribution in [0.15, 0.2) is 36.4 Å². The Labute approximate surface area is 143 Å². The van der Waals surface area contributed by atoms with Crippen molar-refractivity contribution in [3.8, 4) is 0 Å². The van der Waals surface area contributed by atoms with Crippen LogP contribution in [0.25, 0.3) is 0 Å². The minimum Gasteiger partial charge on any atom is -0.465 e. The van der Waals surface area contributed by atoms with Crippen molar-refractivity contribution in [3.05, 3.63) is 47.5 Å². The molecular formula is C20H25NO3. The Morgan fingerprint density at radius 3 is 2.75 bits per heavy atom. The number of esters is 1. The van der Waals surface area contributed by atoms with Crippen LogP contribution in [0.4, 0.5) is 0 Å². The first-order chi connectivity index (χ1) is 11.4. The lowest BCUT2D eigenvalue weighted by Crippen LogP contribution is -2.31. The third kappa shape index (κ3) is 3.10. The monoisotopic (exact) mass is 327 g/mol. The second kappa shape index (κ2) is 6.42. The zero-order chi connectivity index (χ0) is 17.3. The minimum absolute atomic E-state index is 0.0548. The number of cyclic esters (lactones) is 1. The summed E-state index contributed by atoms with van der Waals surface area (Å²) in [7, 11) is 0. The van der Waals surface area contributed by atoms with Gasteiger partial charge in [-0.2, -0.15) is 0 Å². The Kier molecular flexibility index (Phi) is 4.48. The van der Waals surface area contributed by atoms with E-state index in [-0.39, 0.29) is 17.8 Å². The summed E-state index contributed by atoms with van der Waals surface area (Å²) in [6, 6.07) is 7.56. The van der Waals surface area contributed by atoms with Gasteiger partial charge in [0, 0.05) is 18.0 Å². The van der Waals surface area contributed by atoms with Gasteiger partial charge >= 0.3 is 5.97 Å². The summed E-state index contributed by atoms with van der Waals surface area (Å²) in [5, 5.41) is 2.91. The molecule has 1 aliphatic carbocycles. The summed E-state index contributed by atoms with van der Waals surface area (Å²) in [5.74, 6) is 0.519. The summed E-state index contributed by atoms with van der Waals surface area (Å²) >= 11 is 0. The highest BCUT2D eigenvalue weighted by molar-refractivity contribution is 5.94. The molecular weight excluding hydrogens is 302 g/mol. The van der Waals surface area contributed by atoms with E-state index in [4.69, 9.17) is 4.74 Å². The van der Waals surface area contributed by atoms with Crippen LogP contribution in [-0.4, -0.2) is 25.0 Å². The van der Waals surface area contributed by atoms with E-state index in [9.17, 15) is 9.59 Å². The number of hydrogen-bond donors (Lipinski definition) is 1. The Morgan fingerprint density at radius 1 is 1.38 bits per heavy atom. The summed E-state index contributed by atoms with van der Waals surface area (Å²) in [6.45, 7) is 9.37. The Balaban J connectivity index is 1.71. The first kappa shape index (κ1) is 16.7. The summed E-state index contributed by atoms with van der Waals surface area (Å²) in [4.78, 5) is 24.4. The fraction of sp³-hybridized carbons (Fsp3) is 0.500. The highest BCUT2D eigenvalue weighted by atomic mass is 16.5. The van der Waals surface area contributed by atoms with Gasteiger partial charge in [0.15, 0.2) is 0 Å². The molecule has 128 valence electrons. The summed E-state index contributed by atoms with van der Waals surface area (Å²) in [6.07, 6.45) is 2.25. The lowest BCUT2D eigenvalue weighted by molar-refractivity contribution is -0.146. The molecule has 1 heterocycles. The molecule has 1 amide bonds. The predicted molar refractivity (Wildman–Crippen MR) is 92.6 cm³/mol. The largest absolute Gasteiger partial charge is 0.465 e. The maximum Gasteiger partial charge on any atom is 0.313 e. The molecule has 24 heavy (non-hydrogen) atoms. The molecule has 0 spiro atoms. The van der Waals surface area contributed by atoms with Crippen LogP contribution in [0.5, 0.6) is 0 Å². The van der Waals surface area contributed by atoms with Gasteiger partial charge in [-0.15, -0.1) is 0 Å². The molecule has 0 radical (unpaired) electrons. The number of ether oxygens (including phenoxy) is 1. The van der Waals surface area contributed by atoms with Gasteiger partial charge in [0.05, 0.1) is 12.0 Å². The molecule has 2 aliphatic rings. The van der Waals surface area contributed by atoms with Crippen molar-refractivity contribution in [2.24, 2.45) is 17.3 Å². The smallest absolute Gasteiger partial charge is 0.313 e. The maximum atomic E-state index is 12.3.